The summed E-state index contributed by atoms with van der Waals surface area (Å²) < 4.78 is 10.4. The lowest BCUT2D eigenvalue weighted by Crippen LogP contribution is -2.40. The molecule has 2 heterocycles. The number of carbonyl (C=O) groups excluding carboxylic acids is 2. The Balaban J connectivity index is 1.50. The highest BCUT2D eigenvalue weighted by molar-refractivity contribution is 5.91. The number of amides is 2. The van der Waals surface area contributed by atoms with Crippen LogP contribution in [-0.4, -0.2) is 70.1 Å². The topological polar surface area (TPSA) is 125 Å². The number of hydrogen-bond donors (Lipinski definition) is 3. The predicted molar refractivity (Wildman–Crippen MR) is 97.0 cm³/mol. The van der Waals surface area contributed by atoms with E-state index in [1.807, 2.05) is 30.3 Å². The summed E-state index contributed by atoms with van der Waals surface area (Å²) in [6.07, 6.45) is -2.86. The number of aliphatic hydroxyl groups is 2. The van der Waals surface area contributed by atoms with Crippen molar-refractivity contribution in [2.24, 2.45) is 0 Å². The van der Waals surface area contributed by atoms with Crippen molar-refractivity contribution < 1.29 is 29.1 Å². The van der Waals surface area contributed by atoms with E-state index in [1.54, 1.807) is 7.05 Å². The summed E-state index contributed by atoms with van der Waals surface area (Å²) in [4.78, 5) is 25.9. The van der Waals surface area contributed by atoms with E-state index in [1.165, 1.54) is 17.2 Å². The first-order valence-corrected chi connectivity index (χ1v) is 8.94. The molecule has 1 saturated heterocycles. The summed E-state index contributed by atoms with van der Waals surface area (Å²) in [5.74, 6) is -0.696. The zero-order valence-electron chi connectivity index (χ0n) is 15.4. The maximum atomic E-state index is 12.4. The Hall–Kier alpha value is -2.75. The Morgan fingerprint density at radius 3 is 2.54 bits per heavy atom. The number of nitrogens with one attached hydrogen (secondary N) is 1. The molecule has 0 spiro atoms. The summed E-state index contributed by atoms with van der Waals surface area (Å²) in [6, 6.07) is 10.9. The van der Waals surface area contributed by atoms with E-state index in [4.69, 9.17) is 9.26 Å². The highest BCUT2D eigenvalue weighted by Gasteiger charge is 2.43. The number of rotatable bonds is 7. The summed E-state index contributed by atoms with van der Waals surface area (Å²) in [5.41, 5.74) is 0.985. The van der Waals surface area contributed by atoms with E-state index in [0.29, 0.717) is 6.54 Å². The van der Waals surface area contributed by atoms with Crippen LogP contribution in [-0.2, 0) is 16.1 Å². The smallest absolute Gasteiger partial charge is 0.289 e. The van der Waals surface area contributed by atoms with Gasteiger partial charge in [-0.2, -0.15) is 0 Å². The van der Waals surface area contributed by atoms with Crippen molar-refractivity contribution in [1.29, 1.82) is 0 Å². The lowest BCUT2D eigenvalue weighted by Gasteiger charge is -2.21. The Morgan fingerprint density at radius 2 is 1.86 bits per heavy atom. The Bertz CT molecular complexity index is 782. The molecule has 150 valence electrons. The molecule has 0 radical (unpaired) electrons. The Morgan fingerprint density at radius 1 is 1.14 bits per heavy atom. The molecule has 0 bridgehead atoms. The van der Waals surface area contributed by atoms with Crippen molar-refractivity contribution in [1.82, 2.24) is 15.4 Å². The van der Waals surface area contributed by atoms with Gasteiger partial charge in [0.05, 0.1) is 18.7 Å². The second-order valence-corrected chi connectivity index (χ2v) is 6.72. The minimum absolute atomic E-state index is 0.0299. The lowest BCUT2D eigenvalue weighted by molar-refractivity contribution is -0.134. The highest BCUT2D eigenvalue weighted by Crippen LogP contribution is 2.24. The second kappa shape index (κ2) is 8.96. The number of aromatic nitrogens is 1. The first-order valence-electron chi connectivity index (χ1n) is 8.94. The van der Waals surface area contributed by atoms with Crippen LogP contribution in [0.5, 0.6) is 0 Å². The number of benzene rings is 1. The molecule has 3 N–H and O–H groups in total. The molecule has 1 aliphatic rings. The molecule has 3 rings (SSSR count). The maximum Gasteiger partial charge on any atom is 0.289 e. The summed E-state index contributed by atoms with van der Waals surface area (Å²) in [6.45, 7) is 0.393. The second-order valence-electron chi connectivity index (χ2n) is 6.72. The summed E-state index contributed by atoms with van der Waals surface area (Å²) in [5, 5.41) is 26.4. The van der Waals surface area contributed by atoms with Crippen molar-refractivity contribution in [2.45, 2.75) is 37.4 Å². The van der Waals surface area contributed by atoms with E-state index in [2.05, 4.69) is 10.5 Å². The van der Waals surface area contributed by atoms with Crippen molar-refractivity contribution >= 4 is 11.8 Å². The molecular formula is C19H23N3O6. The fourth-order valence-electron chi connectivity index (χ4n) is 3.05. The van der Waals surface area contributed by atoms with Gasteiger partial charge >= 0.3 is 0 Å². The lowest BCUT2D eigenvalue weighted by atomic mass is 10.0. The molecule has 0 aliphatic carbocycles. The number of ether oxygens (including phenoxy) is 1. The number of aliphatic hydroxyl groups excluding tert-OH is 2. The van der Waals surface area contributed by atoms with E-state index >= 15 is 0 Å². The molecule has 2 amide bonds. The molecule has 9 heteroatoms. The van der Waals surface area contributed by atoms with Gasteiger partial charge in [-0.25, -0.2) is 0 Å². The Kier molecular flexibility index (Phi) is 6.40. The van der Waals surface area contributed by atoms with Crippen LogP contribution in [0.2, 0.25) is 0 Å². The van der Waals surface area contributed by atoms with Gasteiger partial charge in [-0.05, 0) is 5.56 Å². The molecule has 2 aromatic rings. The van der Waals surface area contributed by atoms with E-state index in [9.17, 15) is 19.8 Å². The molecule has 1 aromatic carbocycles. The van der Waals surface area contributed by atoms with E-state index < -0.39 is 30.3 Å². The monoisotopic (exact) mass is 389 g/mol. The zero-order chi connectivity index (χ0) is 20.1. The molecule has 1 aliphatic heterocycles. The van der Waals surface area contributed by atoms with Crippen LogP contribution in [0, 0.1) is 0 Å². The minimum Gasteiger partial charge on any atom is -0.388 e. The van der Waals surface area contributed by atoms with Gasteiger partial charge in [-0.3, -0.25) is 9.59 Å². The number of hydrogen-bond acceptors (Lipinski definition) is 7. The van der Waals surface area contributed by atoms with Gasteiger partial charge in [0.2, 0.25) is 11.7 Å². The molecule has 9 nitrogen and oxygen atoms in total. The van der Waals surface area contributed by atoms with Crippen molar-refractivity contribution in [2.75, 3.05) is 13.6 Å². The van der Waals surface area contributed by atoms with Gasteiger partial charge in [-0.1, -0.05) is 35.5 Å². The molecule has 0 saturated carbocycles. The average Bonchev–Trinajstić information content (AvgIpc) is 3.32. The van der Waals surface area contributed by atoms with Crippen LogP contribution in [0.3, 0.4) is 0 Å². The van der Waals surface area contributed by atoms with Gasteiger partial charge in [0.15, 0.2) is 0 Å². The fourth-order valence-corrected chi connectivity index (χ4v) is 3.05. The van der Waals surface area contributed by atoms with Crippen LogP contribution >= 0.6 is 0 Å². The van der Waals surface area contributed by atoms with Gasteiger partial charge in [0.25, 0.3) is 5.91 Å². The number of nitrogens with zero attached hydrogens (tertiary/aromatic N) is 2. The van der Waals surface area contributed by atoms with Crippen LogP contribution < -0.4 is 5.32 Å². The minimum atomic E-state index is -1.22. The molecule has 0 unspecified atom stereocenters. The molecule has 4 atom stereocenters. The fraction of sp³-hybridized carbons (Fsp3) is 0.421. The normalized spacial score (nSPS) is 24.1. The first-order chi connectivity index (χ1) is 13.5. The van der Waals surface area contributed by atoms with E-state index in [0.717, 1.165) is 5.56 Å². The maximum absolute atomic E-state index is 12.4. The molecular weight excluding hydrogens is 366 g/mol. The summed E-state index contributed by atoms with van der Waals surface area (Å²) >= 11 is 0. The van der Waals surface area contributed by atoms with Crippen LogP contribution in [0.25, 0.3) is 0 Å². The van der Waals surface area contributed by atoms with Crippen molar-refractivity contribution in [3.63, 3.8) is 0 Å². The quantitative estimate of drug-likeness (QED) is 0.606. The SMILES string of the molecule is CN(Cc1ccccc1)C(=O)C[C@@H]1O[C@H](CNC(=O)c2ccno2)[C@@H](O)[C@H]1O. The number of carbonyl (C=O) groups is 2. The predicted octanol–water partition coefficient (Wildman–Crippen LogP) is -0.0577. The average molecular weight is 389 g/mol. The van der Waals surface area contributed by atoms with Crippen molar-refractivity contribution in [3.8, 4) is 0 Å². The standard InChI is InChI=1S/C19H23N3O6/c1-22(11-12-5-3-2-4-6-12)16(23)9-14-17(24)18(25)15(27-14)10-20-19(26)13-7-8-21-28-13/h2-8,14-15,17-18,24-25H,9-11H2,1H3,(H,20,26)/t14-,15+,17-,18+/m0/s1. The largest absolute Gasteiger partial charge is 0.388 e. The van der Waals surface area contributed by atoms with Gasteiger partial charge in [-0.15, -0.1) is 0 Å². The van der Waals surface area contributed by atoms with Crippen LogP contribution in [0.4, 0.5) is 0 Å². The van der Waals surface area contributed by atoms with Crippen LogP contribution in [0.15, 0.2) is 47.1 Å². The third kappa shape index (κ3) is 4.75. The summed E-state index contributed by atoms with van der Waals surface area (Å²) in [7, 11) is 1.67. The third-order valence-electron chi connectivity index (χ3n) is 4.65. The molecule has 28 heavy (non-hydrogen) atoms. The van der Waals surface area contributed by atoms with Gasteiger partial charge in [0, 0.05) is 26.2 Å². The van der Waals surface area contributed by atoms with Crippen LogP contribution in [0.1, 0.15) is 22.5 Å². The molecule has 1 fully saturated rings. The first kappa shape index (κ1) is 20.0. The Labute approximate surface area is 161 Å². The zero-order valence-corrected chi connectivity index (χ0v) is 15.4. The van der Waals surface area contributed by atoms with Crippen molar-refractivity contribution in [3.05, 3.63) is 53.9 Å². The molecule has 1 aromatic heterocycles. The highest BCUT2D eigenvalue weighted by atomic mass is 16.5. The third-order valence-corrected chi connectivity index (χ3v) is 4.65. The van der Waals surface area contributed by atoms with Gasteiger partial charge in [0.1, 0.15) is 18.3 Å². The van der Waals surface area contributed by atoms with E-state index in [-0.39, 0.29) is 24.6 Å². The van der Waals surface area contributed by atoms with Gasteiger partial charge < -0.3 is 29.7 Å².